The Kier molecular flexibility index (Phi) is 7.18. The van der Waals surface area contributed by atoms with Crippen molar-refractivity contribution < 1.29 is 19.1 Å². The van der Waals surface area contributed by atoms with Crippen molar-refractivity contribution in [2.45, 2.75) is 51.0 Å². The first kappa shape index (κ1) is 18.7. The molecule has 0 unspecified atom stereocenters. The van der Waals surface area contributed by atoms with E-state index in [2.05, 4.69) is 9.97 Å². The largest absolute Gasteiger partial charge is 0.463 e. The fourth-order valence-electron chi connectivity index (χ4n) is 2.66. The number of nitrogens with one attached hydrogen (secondary N) is 2. The van der Waals surface area contributed by atoms with Crippen LogP contribution in [-0.4, -0.2) is 34.6 Å². The average Bonchev–Trinajstić information content (AvgIpc) is 2.57. The normalized spacial score (nSPS) is 15.2. The van der Waals surface area contributed by atoms with E-state index in [0.717, 1.165) is 37.8 Å². The highest BCUT2D eigenvalue weighted by molar-refractivity contribution is 5.91. The molecule has 2 N–H and O–H groups in total. The summed E-state index contributed by atoms with van der Waals surface area (Å²) in [5.74, 6) is -1.18. The highest BCUT2D eigenvalue weighted by Crippen LogP contribution is 2.20. The molecule has 0 spiro atoms. The molecule has 0 aliphatic heterocycles. The quantitative estimate of drug-likeness (QED) is 0.430. The zero-order valence-electron chi connectivity index (χ0n) is 13.9. The van der Waals surface area contributed by atoms with Crippen molar-refractivity contribution in [1.29, 1.82) is 0 Å². The number of H-pyrrole nitrogens is 2. The number of aromatic amines is 2. The maximum Gasteiger partial charge on any atom is 0.331 e. The van der Waals surface area contributed by atoms with Crippen LogP contribution in [0.15, 0.2) is 27.8 Å². The van der Waals surface area contributed by atoms with Crippen LogP contribution in [0.5, 0.6) is 0 Å². The molecule has 0 bridgehead atoms. The topological polar surface area (TPSA) is 118 Å². The summed E-state index contributed by atoms with van der Waals surface area (Å²) in [6.45, 7) is 0.107. The first-order valence-electron chi connectivity index (χ1n) is 8.41. The van der Waals surface area contributed by atoms with Crippen LogP contribution in [0.3, 0.4) is 0 Å². The van der Waals surface area contributed by atoms with Gasteiger partial charge in [0.1, 0.15) is 6.10 Å². The molecule has 0 aromatic carbocycles. The molecule has 1 aromatic rings. The van der Waals surface area contributed by atoms with E-state index in [1.54, 1.807) is 0 Å². The van der Waals surface area contributed by atoms with Gasteiger partial charge in [-0.25, -0.2) is 14.4 Å². The van der Waals surface area contributed by atoms with Crippen LogP contribution in [0.4, 0.5) is 0 Å². The van der Waals surface area contributed by atoms with Crippen LogP contribution in [0.25, 0.3) is 0 Å². The van der Waals surface area contributed by atoms with Crippen LogP contribution in [0, 0.1) is 0 Å². The van der Waals surface area contributed by atoms with Gasteiger partial charge in [0.05, 0.1) is 6.61 Å². The lowest BCUT2D eigenvalue weighted by Gasteiger charge is -2.20. The molecular formula is C17H22N2O6. The summed E-state index contributed by atoms with van der Waals surface area (Å²) in [5, 5.41) is 0. The third-order valence-electron chi connectivity index (χ3n) is 3.84. The molecule has 8 nitrogen and oxygen atoms in total. The summed E-state index contributed by atoms with van der Waals surface area (Å²) >= 11 is 0. The molecule has 0 atom stereocenters. The van der Waals surface area contributed by atoms with Crippen LogP contribution < -0.4 is 11.2 Å². The SMILES string of the molecule is O=C(/C=C/C(=O)OC1CCCCC1)OCCCc1cc(=O)[nH]c(=O)[nH]1. The summed E-state index contributed by atoms with van der Waals surface area (Å²) in [6.07, 6.45) is 7.91. The van der Waals surface area contributed by atoms with E-state index in [1.165, 1.54) is 12.5 Å². The van der Waals surface area contributed by atoms with Crippen LogP contribution in [-0.2, 0) is 25.5 Å². The third kappa shape index (κ3) is 7.19. The Labute approximate surface area is 144 Å². The van der Waals surface area contributed by atoms with Crippen LogP contribution >= 0.6 is 0 Å². The van der Waals surface area contributed by atoms with E-state index in [4.69, 9.17) is 9.47 Å². The van der Waals surface area contributed by atoms with Gasteiger partial charge in [-0.05, 0) is 38.5 Å². The molecule has 1 aliphatic carbocycles. The molecule has 8 heteroatoms. The van der Waals surface area contributed by atoms with Crippen molar-refractivity contribution in [2.24, 2.45) is 0 Å². The van der Waals surface area contributed by atoms with Crippen molar-refractivity contribution >= 4 is 11.9 Å². The van der Waals surface area contributed by atoms with Crippen molar-refractivity contribution in [2.75, 3.05) is 6.61 Å². The van der Waals surface area contributed by atoms with Crippen molar-refractivity contribution in [3.63, 3.8) is 0 Å². The van der Waals surface area contributed by atoms with Crippen LogP contribution in [0.2, 0.25) is 0 Å². The second kappa shape index (κ2) is 9.61. The van der Waals surface area contributed by atoms with Gasteiger partial charge in [-0.1, -0.05) is 6.42 Å². The van der Waals surface area contributed by atoms with E-state index in [0.29, 0.717) is 18.5 Å². The van der Waals surface area contributed by atoms with Gasteiger partial charge >= 0.3 is 17.6 Å². The van der Waals surface area contributed by atoms with Gasteiger partial charge in [-0.2, -0.15) is 0 Å². The number of ether oxygens (including phenoxy) is 2. The van der Waals surface area contributed by atoms with Crippen molar-refractivity contribution in [1.82, 2.24) is 9.97 Å². The number of rotatable bonds is 7. The number of esters is 2. The van der Waals surface area contributed by atoms with E-state index < -0.39 is 23.2 Å². The minimum Gasteiger partial charge on any atom is -0.463 e. The van der Waals surface area contributed by atoms with Gasteiger partial charge in [-0.3, -0.25) is 9.78 Å². The van der Waals surface area contributed by atoms with E-state index in [-0.39, 0.29) is 12.7 Å². The predicted octanol–water partition coefficient (Wildman–Crippen LogP) is 0.971. The zero-order chi connectivity index (χ0) is 18.1. The van der Waals surface area contributed by atoms with E-state index >= 15 is 0 Å². The fourth-order valence-corrected chi connectivity index (χ4v) is 2.66. The first-order chi connectivity index (χ1) is 12.0. The number of aromatic nitrogens is 2. The highest BCUT2D eigenvalue weighted by atomic mass is 16.5. The Bertz CT molecular complexity index is 699. The molecule has 2 rings (SSSR count). The summed E-state index contributed by atoms with van der Waals surface area (Å²) in [7, 11) is 0. The highest BCUT2D eigenvalue weighted by Gasteiger charge is 2.16. The van der Waals surface area contributed by atoms with Crippen LogP contribution in [0.1, 0.15) is 44.2 Å². The average molecular weight is 350 g/mol. The Hall–Kier alpha value is -2.64. The maximum absolute atomic E-state index is 11.6. The number of carbonyl (C=O) groups is 2. The molecule has 0 amide bonds. The fraction of sp³-hybridized carbons (Fsp3) is 0.529. The Balaban J connectivity index is 1.65. The third-order valence-corrected chi connectivity index (χ3v) is 3.84. The molecule has 1 saturated carbocycles. The second-order valence-electron chi connectivity index (χ2n) is 5.91. The molecule has 1 aromatic heterocycles. The molecule has 1 aliphatic rings. The molecule has 1 fully saturated rings. The Morgan fingerprint density at radius 3 is 2.52 bits per heavy atom. The maximum atomic E-state index is 11.6. The standard InChI is InChI=1S/C17H22N2O6/c20-14-11-12(18-17(23)19-14)5-4-10-24-15(21)8-9-16(22)25-13-6-2-1-3-7-13/h8-9,11,13H,1-7,10H2,(H2,18,19,20,23)/b9-8+. The monoisotopic (exact) mass is 350 g/mol. The van der Waals surface area contributed by atoms with Gasteiger partial charge in [-0.15, -0.1) is 0 Å². The molecule has 136 valence electrons. The number of carbonyl (C=O) groups excluding carboxylic acids is 2. The van der Waals surface area contributed by atoms with Gasteiger partial charge in [0.25, 0.3) is 5.56 Å². The Morgan fingerprint density at radius 2 is 1.80 bits per heavy atom. The molecular weight excluding hydrogens is 328 g/mol. The molecule has 0 radical (unpaired) electrons. The molecule has 1 heterocycles. The lowest BCUT2D eigenvalue weighted by atomic mass is 9.98. The number of aryl methyl sites for hydroxylation is 1. The Morgan fingerprint density at radius 1 is 1.08 bits per heavy atom. The zero-order valence-corrected chi connectivity index (χ0v) is 13.9. The first-order valence-corrected chi connectivity index (χ1v) is 8.41. The summed E-state index contributed by atoms with van der Waals surface area (Å²) in [6, 6.07) is 1.28. The van der Waals surface area contributed by atoms with E-state index in [9.17, 15) is 19.2 Å². The molecule has 0 saturated heterocycles. The minimum atomic E-state index is -0.639. The number of hydrogen-bond donors (Lipinski definition) is 2. The van der Waals surface area contributed by atoms with Crippen molar-refractivity contribution in [3.8, 4) is 0 Å². The lowest BCUT2D eigenvalue weighted by molar-refractivity contribution is -0.145. The summed E-state index contributed by atoms with van der Waals surface area (Å²) in [5.41, 5.74) is -0.578. The van der Waals surface area contributed by atoms with Gasteiger partial charge in [0, 0.05) is 23.9 Å². The smallest absolute Gasteiger partial charge is 0.331 e. The minimum absolute atomic E-state index is 0.0573. The summed E-state index contributed by atoms with van der Waals surface area (Å²) in [4.78, 5) is 49.9. The summed E-state index contributed by atoms with van der Waals surface area (Å²) < 4.78 is 10.2. The van der Waals surface area contributed by atoms with Gasteiger partial charge in [0.2, 0.25) is 0 Å². The number of hydrogen-bond acceptors (Lipinski definition) is 6. The van der Waals surface area contributed by atoms with Gasteiger partial charge < -0.3 is 14.5 Å². The molecule has 25 heavy (non-hydrogen) atoms. The predicted molar refractivity (Wildman–Crippen MR) is 89.1 cm³/mol. The van der Waals surface area contributed by atoms with Gasteiger partial charge in [0.15, 0.2) is 0 Å². The van der Waals surface area contributed by atoms with Crippen molar-refractivity contribution in [3.05, 3.63) is 44.8 Å². The lowest BCUT2D eigenvalue weighted by Crippen LogP contribution is -2.23. The second-order valence-corrected chi connectivity index (χ2v) is 5.91. The van der Waals surface area contributed by atoms with E-state index in [1.807, 2.05) is 0 Å².